The third-order valence-electron chi connectivity index (χ3n) is 2.33. The van der Waals surface area contributed by atoms with Crippen molar-refractivity contribution in [3.8, 4) is 0 Å². The molecule has 0 spiro atoms. The molecular formula is C12H16FN3O3. The van der Waals surface area contributed by atoms with Gasteiger partial charge in [-0.1, -0.05) is 11.2 Å². The molecule has 1 aromatic carbocycles. The van der Waals surface area contributed by atoms with Crippen LogP contribution in [0.15, 0.2) is 23.4 Å². The lowest BCUT2D eigenvalue weighted by Crippen LogP contribution is -2.21. The summed E-state index contributed by atoms with van der Waals surface area (Å²) < 4.78 is 18.6. The van der Waals surface area contributed by atoms with E-state index < -0.39 is 11.7 Å². The van der Waals surface area contributed by atoms with Gasteiger partial charge >= 0.3 is 0 Å². The monoisotopic (exact) mass is 269 g/mol. The molecule has 4 N–H and O–H groups in total. The van der Waals surface area contributed by atoms with Gasteiger partial charge in [-0.15, -0.1) is 0 Å². The first kappa shape index (κ1) is 14.9. The van der Waals surface area contributed by atoms with Crippen molar-refractivity contribution in [2.75, 3.05) is 18.5 Å². The lowest BCUT2D eigenvalue weighted by atomic mass is 10.1. The molecule has 0 radical (unpaired) electrons. The fourth-order valence-electron chi connectivity index (χ4n) is 1.46. The number of oxime groups is 1. The van der Waals surface area contributed by atoms with Gasteiger partial charge in [0.05, 0.1) is 24.3 Å². The van der Waals surface area contributed by atoms with E-state index in [0.29, 0.717) is 6.61 Å². The number of carbonyl (C=O) groups is 1. The number of nitrogens with zero attached hydrogens (tertiary/aromatic N) is 1. The van der Waals surface area contributed by atoms with Crippen LogP contribution in [0.1, 0.15) is 18.9 Å². The summed E-state index contributed by atoms with van der Waals surface area (Å²) in [6, 6.07) is 4.04. The van der Waals surface area contributed by atoms with Crippen molar-refractivity contribution in [3.05, 3.63) is 29.6 Å². The minimum Gasteiger partial charge on any atom is -0.409 e. The van der Waals surface area contributed by atoms with Gasteiger partial charge in [0.15, 0.2) is 5.84 Å². The van der Waals surface area contributed by atoms with E-state index in [0.717, 1.165) is 6.07 Å². The Balaban J connectivity index is 2.83. The Morgan fingerprint density at radius 1 is 1.58 bits per heavy atom. The minimum absolute atomic E-state index is 0.139. The van der Waals surface area contributed by atoms with Crippen LogP contribution in [0.3, 0.4) is 0 Å². The molecule has 0 bridgehead atoms. The van der Waals surface area contributed by atoms with Gasteiger partial charge in [-0.2, -0.15) is 0 Å². The molecule has 0 aliphatic carbocycles. The number of rotatable bonds is 6. The third-order valence-corrected chi connectivity index (χ3v) is 2.33. The Hall–Kier alpha value is -2.15. The normalized spacial score (nSPS) is 11.4. The van der Waals surface area contributed by atoms with Crippen molar-refractivity contribution in [1.82, 2.24) is 0 Å². The Morgan fingerprint density at radius 2 is 2.32 bits per heavy atom. The highest BCUT2D eigenvalue weighted by molar-refractivity contribution is 6.05. The Labute approximate surface area is 110 Å². The van der Waals surface area contributed by atoms with E-state index in [1.54, 1.807) is 0 Å². The number of amidine groups is 1. The highest BCUT2D eigenvalue weighted by Gasteiger charge is 2.14. The zero-order valence-corrected chi connectivity index (χ0v) is 10.5. The Morgan fingerprint density at radius 3 is 2.95 bits per heavy atom. The van der Waals surface area contributed by atoms with Crippen LogP contribution in [0.25, 0.3) is 0 Å². The van der Waals surface area contributed by atoms with Gasteiger partial charge in [0.1, 0.15) is 5.82 Å². The van der Waals surface area contributed by atoms with Crippen molar-refractivity contribution in [2.24, 2.45) is 10.9 Å². The molecule has 0 heterocycles. The van der Waals surface area contributed by atoms with Gasteiger partial charge in [-0.3, -0.25) is 4.79 Å². The summed E-state index contributed by atoms with van der Waals surface area (Å²) in [4.78, 5) is 11.6. The number of ether oxygens (including phenoxy) is 1. The number of carbonyl (C=O) groups excluding carboxylic acids is 1. The molecule has 1 aromatic rings. The lowest BCUT2D eigenvalue weighted by Gasteiger charge is -2.10. The molecular weight excluding hydrogens is 253 g/mol. The summed E-state index contributed by atoms with van der Waals surface area (Å²) in [6.07, 6.45) is 0.139. The molecule has 1 amide bonds. The molecule has 0 atom stereocenters. The van der Waals surface area contributed by atoms with Crippen molar-refractivity contribution in [3.63, 3.8) is 0 Å². The summed E-state index contributed by atoms with van der Waals surface area (Å²) in [5, 5.41) is 13.8. The fourth-order valence-corrected chi connectivity index (χ4v) is 1.46. The average molecular weight is 269 g/mol. The number of halogens is 1. The quantitative estimate of drug-likeness (QED) is 0.238. The first-order chi connectivity index (χ1) is 9.10. The number of hydrogen-bond donors (Lipinski definition) is 3. The van der Waals surface area contributed by atoms with Gasteiger partial charge in [0.2, 0.25) is 5.91 Å². The largest absolute Gasteiger partial charge is 0.409 e. The molecule has 1 rings (SSSR count). The summed E-state index contributed by atoms with van der Waals surface area (Å²) in [6.45, 7) is 2.61. The summed E-state index contributed by atoms with van der Waals surface area (Å²) >= 11 is 0. The molecule has 0 aliphatic heterocycles. The van der Waals surface area contributed by atoms with Crippen LogP contribution in [0.2, 0.25) is 0 Å². The topological polar surface area (TPSA) is 96.9 Å². The number of benzene rings is 1. The van der Waals surface area contributed by atoms with Crippen LogP contribution < -0.4 is 11.1 Å². The molecule has 0 fully saturated rings. The molecule has 0 saturated carbocycles. The van der Waals surface area contributed by atoms with Gasteiger partial charge in [-0.05, 0) is 19.1 Å². The van der Waals surface area contributed by atoms with Crippen molar-refractivity contribution < 1.29 is 19.1 Å². The summed E-state index contributed by atoms with van der Waals surface area (Å²) in [5.74, 6) is -1.43. The van der Waals surface area contributed by atoms with E-state index in [1.807, 2.05) is 6.92 Å². The standard InChI is InChI=1S/C12H16FN3O3/c1-2-19-7-6-10(17)15-9-5-3-4-8(13)11(9)12(14)16-18/h3-5,18H,2,6-7H2,1H3,(H2,14,16)(H,15,17). The smallest absolute Gasteiger partial charge is 0.226 e. The number of nitrogens with two attached hydrogens (primary N) is 1. The number of anilines is 1. The van der Waals surface area contributed by atoms with Gasteiger partial charge in [0.25, 0.3) is 0 Å². The molecule has 7 heteroatoms. The van der Waals surface area contributed by atoms with Crippen molar-refractivity contribution in [1.29, 1.82) is 0 Å². The molecule has 104 valence electrons. The second-order valence-electron chi connectivity index (χ2n) is 3.64. The zero-order valence-electron chi connectivity index (χ0n) is 10.5. The van der Waals surface area contributed by atoms with Gasteiger partial charge < -0.3 is 21.0 Å². The number of hydrogen-bond acceptors (Lipinski definition) is 4. The number of amides is 1. The van der Waals surface area contributed by atoms with Crippen LogP contribution in [0, 0.1) is 5.82 Å². The third kappa shape index (κ3) is 4.22. The summed E-state index contributed by atoms with van der Waals surface area (Å²) in [5.41, 5.74) is 5.38. The van der Waals surface area contributed by atoms with Gasteiger partial charge in [-0.25, -0.2) is 4.39 Å². The Bertz CT molecular complexity index is 477. The second kappa shape index (κ2) is 7.32. The van der Waals surface area contributed by atoms with E-state index in [2.05, 4.69) is 10.5 Å². The van der Waals surface area contributed by atoms with E-state index in [-0.39, 0.29) is 30.2 Å². The first-order valence-electron chi connectivity index (χ1n) is 5.74. The highest BCUT2D eigenvalue weighted by Crippen LogP contribution is 2.18. The molecule has 19 heavy (non-hydrogen) atoms. The van der Waals surface area contributed by atoms with Crippen molar-refractivity contribution >= 4 is 17.4 Å². The summed E-state index contributed by atoms with van der Waals surface area (Å²) in [7, 11) is 0. The van der Waals surface area contributed by atoms with Crippen LogP contribution in [-0.2, 0) is 9.53 Å². The lowest BCUT2D eigenvalue weighted by molar-refractivity contribution is -0.117. The maximum atomic E-state index is 13.6. The van der Waals surface area contributed by atoms with E-state index in [1.165, 1.54) is 12.1 Å². The fraction of sp³-hybridized carbons (Fsp3) is 0.333. The predicted molar refractivity (Wildman–Crippen MR) is 68.7 cm³/mol. The van der Waals surface area contributed by atoms with Crippen LogP contribution in [-0.4, -0.2) is 30.2 Å². The molecule has 6 nitrogen and oxygen atoms in total. The Kier molecular flexibility index (Phi) is 5.74. The second-order valence-corrected chi connectivity index (χ2v) is 3.64. The van der Waals surface area contributed by atoms with Crippen LogP contribution in [0.5, 0.6) is 0 Å². The SMILES string of the molecule is CCOCCC(=O)Nc1cccc(F)c1C(N)=NO. The average Bonchev–Trinajstić information content (AvgIpc) is 2.38. The molecule has 0 unspecified atom stereocenters. The van der Waals surface area contributed by atoms with Crippen LogP contribution >= 0.6 is 0 Å². The molecule has 0 aromatic heterocycles. The highest BCUT2D eigenvalue weighted by atomic mass is 19.1. The van der Waals surface area contributed by atoms with E-state index >= 15 is 0 Å². The van der Waals surface area contributed by atoms with Gasteiger partial charge in [0, 0.05) is 6.61 Å². The first-order valence-corrected chi connectivity index (χ1v) is 5.74. The van der Waals surface area contributed by atoms with E-state index in [9.17, 15) is 9.18 Å². The van der Waals surface area contributed by atoms with Crippen molar-refractivity contribution in [2.45, 2.75) is 13.3 Å². The molecule has 0 aliphatic rings. The minimum atomic E-state index is -0.682. The maximum absolute atomic E-state index is 13.6. The predicted octanol–water partition coefficient (Wildman–Crippen LogP) is 1.29. The van der Waals surface area contributed by atoms with Crippen LogP contribution in [0.4, 0.5) is 10.1 Å². The maximum Gasteiger partial charge on any atom is 0.226 e. The van der Waals surface area contributed by atoms with E-state index in [4.69, 9.17) is 15.7 Å². The molecule has 0 saturated heterocycles. The zero-order chi connectivity index (χ0) is 14.3. The number of nitrogens with one attached hydrogen (secondary N) is 1.